The molecule has 0 fully saturated rings. The van der Waals surface area contributed by atoms with Gasteiger partial charge >= 0.3 is 12.4 Å². The smallest absolute Gasteiger partial charge is 0.289 e. The Hall–Kier alpha value is -1.60. The summed E-state index contributed by atoms with van der Waals surface area (Å²) in [6.07, 6.45) is -9.94. The van der Waals surface area contributed by atoms with Gasteiger partial charge in [-0.3, -0.25) is 9.78 Å². The zero-order valence-corrected chi connectivity index (χ0v) is 8.06. The molecule has 1 aromatic rings. The highest BCUT2D eigenvalue weighted by Gasteiger charge is 2.40. The minimum absolute atomic E-state index is 0.527. The van der Waals surface area contributed by atoms with Crippen LogP contribution < -0.4 is 0 Å². The first-order valence-corrected chi connectivity index (χ1v) is 4.22. The topological polar surface area (TPSA) is 30.0 Å². The molecule has 1 heterocycles. The maximum Gasteiger partial charge on any atom is 0.450 e. The third-order valence-corrected chi connectivity index (χ3v) is 1.88. The van der Waals surface area contributed by atoms with E-state index >= 15 is 0 Å². The molecule has 0 saturated heterocycles. The van der Waals surface area contributed by atoms with E-state index in [0.717, 1.165) is 6.20 Å². The van der Waals surface area contributed by atoms with Crippen molar-refractivity contribution in [3.8, 4) is 0 Å². The minimum Gasteiger partial charge on any atom is -0.289 e. The van der Waals surface area contributed by atoms with Gasteiger partial charge in [-0.05, 0) is 11.6 Å². The molecule has 8 heteroatoms. The van der Waals surface area contributed by atoms with Gasteiger partial charge in [0.05, 0.1) is 5.56 Å². The molecule has 0 saturated carbocycles. The molecule has 0 N–H and O–H groups in total. The summed E-state index contributed by atoms with van der Waals surface area (Å²) in [6, 6.07) is 0.527. The number of nitrogens with zero attached hydrogens (tertiary/aromatic N) is 1. The Bertz CT molecular complexity index is 422. The molecule has 0 spiro atoms. The minimum atomic E-state index is -5.15. The first-order chi connectivity index (χ1) is 7.62. The predicted octanol–water partition coefficient (Wildman–Crippen LogP) is 2.77. The molecule has 0 aromatic carbocycles. The second-order valence-electron chi connectivity index (χ2n) is 3.13. The zero-order chi connectivity index (χ0) is 13.3. The van der Waals surface area contributed by atoms with Crippen LogP contribution in [0.25, 0.3) is 0 Å². The van der Waals surface area contributed by atoms with Crippen molar-refractivity contribution in [2.75, 3.05) is 0 Å². The number of hydrogen-bond donors (Lipinski definition) is 0. The van der Waals surface area contributed by atoms with E-state index < -0.39 is 35.7 Å². The summed E-state index contributed by atoms with van der Waals surface area (Å²) >= 11 is 0. The Morgan fingerprint density at radius 3 is 2.24 bits per heavy atom. The molecule has 2 nitrogen and oxygen atoms in total. The summed E-state index contributed by atoms with van der Waals surface area (Å²) in [5.74, 6) is -2.24. The van der Waals surface area contributed by atoms with Crippen molar-refractivity contribution < 1.29 is 31.1 Å². The number of pyridine rings is 1. The fourth-order valence-corrected chi connectivity index (χ4v) is 1.12. The van der Waals surface area contributed by atoms with Crippen LogP contribution >= 0.6 is 0 Å². The van der Waals surface area contributed by atoms with Gasteiger partial charge in [0.1, 0.15) is 0 Å². The Morgan fingerprint density at radius 1 is 1.18 bits per heavy atom. The molecule has 1 aromatic heterocycles. The van der Waals surface area contributed by atoms with Gasteiger partial charge in [-0.1, -0.05) is 0 Å². The zero-order valence-electron chi connectivity index (χ0n) is 8.06. The number of Topliss-reactive ketones (excluding diaryl/α,β-unsaturated/α-hetero) is 1. The van der Waals surface area contributed by atoms with Gasteiger partial charge < -0.3 is 0 Å². The van der Waals surface area contributed by atoms with Crippen molar-refractivity contribution in [2.24, 2.45) is 0 Å². The van der Waals surface area contributed by atoms with E-state index in [2.05, 4.69) is 4.98 Å². The number of carbonyl (C=O) groups excluding carboxylic acids is 1. The van der Waals surface area contributed by atoms with Crippen LogP contribution in [-0.2, 0) is 17.4 Å². The Morgan fingerprint density at radius 2 is 1.76 bits per heavy atom. The second kappa shape index (κ2) is 4.34. The Kier molecular flexibility index (Phi) is 3.44. The molecular weight excluding hydrogens is 252 g/mol. The molecule has 94 valence electrons. The van der Waals surface area contributed by atoms with Gasteiger partial charge in [-0.15, -0.1) is 0 Å². The highest BCUT2D eigenvalue weighted by atomic mass is 19.4. The first kappa shape index (κ1) is 13.5. The van der Waals surface area contributed by atoms with E-state index in [1.165, 1.54) is 0 Å². The summed E-state index contributed by atoms with van der Waals surface area (Å²) in [6.45, 7) is 0. The maximum absolute atomic E-state index is 12.4. The molecule has 0 aliphatic rings. The monoisotopic (exact) mass is 257 g/mol. The van der Waals surface area contributed by atoms with Gasteiger partial charge in [-0.25, -0.2) is 0 Å². The van der Waals surface area contributed by atoms with Crippen LogP contribution in [0, 0.1) is 0 Å². The number of ketones is 1. The quantitative estimate of drug-likeness (QED) is 0.762. The van der Waals surface area contributed by atoms with Gasteiger partial charge in [0.2, 0.25) is 5.78 Å². The lowest BCUT2D eigenvalue weighted by Gasteiger charge is -2.12. The third kappa shape index (κ3) is 3.43. The van der Waals surface area contributed by atoms with Crippen molar-refractivity contribution in [2.45, 2.75) is 18.8 Å². The van der Waals surface area contributed by atoms with E-state index in [1.807, 2.05) is 0 Å². The molecular formula is C9H5F6NO. The van der Waals surface area contributed by atoms with E-state index in [0.29, 0.717) is 12.3 Å². The van der Waals surface area contributed by atoms with Crippen molar-refractivity contribution in [1.29, 1.82) is 0 Å². The molecule has 0 atom stereocenters. The van der Waals surface area contributed by atoms with Gasteiger partial charge in [0, 0.05) is 18.8 Å². The van der Waals surface area contributed by atoms with Crippen LogP contribution in [0.3, 0.4) is 0 Å². The molecule has 0 aliphatic heterocycles. The van der Waals surface area contributed by atoms with Crippen LogP contribution in [0.1, 0.15) is 11.1 Å². The Labute approximate surface area is 91.3 Å². The molecule has 0 bridgehead atoms. The van der Waals surface area contributed by atoms with Crippen LogP contribution in [0.2, 0.25) is 0 Å². The Balaban J connectivity index is 3.04. The lowest BCUT2D eigenvalue weighted by atomic mass is 10.0. The third-order valence-electron chi connectivity index (χ3n) is 1.88. The number of hydrogen-bond acceptors (Lipinski definition) is 2. The molecule has 0 radical (unpaired) electrons. The number of rotatable bonds is 2. The maximum atomic E-state index is 12.4. The van der Waals surface area contributed by atoms with Crippen molar-refractivity contribution in [3.05, 3.63) is 29.6 Å². The predicted molar refractivity (Wildman–Crippen MR) is 44.0 cm³/mol. The van der Waals surface area contributed by atoms with Gasteiger partial charge in [-0.2, -0.15) is 26.3 Å². The summed E-state index contributed by atoms with van der Waals surface area (Å²) in [5, 5.41) is 0. The summed E-state index contributed by atoms with van der Waals surface area (Å²) in [4.78, 5) is 13.9. The fourth-order valence-electron chi connectivity index (χ4n) is 1.12. The van der Waals surface area contributed by atoms with Crippen molar-refractivity contribution in [1.82, 2.24) is 4.98 Å². The molecule has 0 amide bonds. The number of carbonyl (C=O) groups is 1. The standard InChI is InChI=1S/C9H5F6NO/c10-8(11,12)6-1-2-16-4-5(6)3-7(17)9(13,14)15/h1-2,4H,3H2. The lowest BCUT2D eigenvalue weighted by molar-refractivity contribution is -0.170. The normalized spacial score (nSPS) is 12.6. The first-order valence-electron chi connectivity index (χ1n) is 4.22. The second-order valence-corrected chi connectivity index (χ2v) is 3.13. The van der Waals surface area contributed by atoms with Crippen LogP contribution in [0.4, 0.5) is 26.3 Å². The number of halogens is 6. The average Bonchev–Trinajstić information content (AvgIpc) is 2.15. The fraction of sp³-hybridized carbons (Fsp3) is 0.333. The van der Waals surface area contributed by atoms with Crippen molar-refractivity contribution in [3.63, 3.8) is 0 Å². The lowest BCUT2D eigenvalue weighted by Crippen LogP contribution is -2.25. The molecule has 0 aliphatic carbocycles. The summed E-state index contributed by atoms with van der Waals surface area (Å²) in [5.41, 5.74) is -2.08. The largest absolute Gasteiger partial charge is 0.450 e. The molecule has 17 heavy (non-hydrogen) atoms. The summed E-state index contributed by atoms with van der Waals surface area (Å²) < 4.78 is 72.9. The van der Waals surface area contributed by atoms with E-state index in [4.69, 9.17) is 0 Å². The number of aromatic nitrogens is 1. The van der Waals surface area contributed by atoms with Gasteiger partial charge in [0.15, 0.2) is 0 Å². The molecule has 1 rings (SSSR count). The van der Waals surface area contributed by atoms with Gasteiger partial charge in [0.25, 0.3) is 0 Å². The highest BCUT2D eigenvalue weighted by Crippen LogP contribution is 2.32. The average molecular weight is 257 g/mol. The van der Waals surface area contributed by atoms with Crippen molar-refractivity contribution >= 4 is 5.78 Å². The van der Waals surface area contributed by atoms with E-state index in [9.17, 15) is 31.1 Å². The van der Waals surface area contributed by atoms with Crippen LogP contribution in [-0.4, -0.2) is 16.9 Å². The van der Waals surface area contributed by atoms with Crippen LogP contribution in [0.5, 0.6) is 0 Å². The molecule has 0 unspecified atom stereocenters. The van der Waals surface area contributed by atoms with E-state index in [1.54, 1.807) is 0 Å². The van der Waals surface area contributed by atoms with Crippen LogP contribution in [0.15, 0.2) is 18.5 Å². The number of alkyl halides is 6. The highest BCUT2D eigenvalue weighted by molar-refractivity contribution is 5.86. The van der Waals surface area contributed by atoms with E-state index in [-0.39, 0.29) is 0 Å². The summed E-state index contributed by atoms with van der Waals surface area (Å²) in [7, 11) is 0. The SMILES string of the molecule is O=C(Cc1cnccc1C(F)(F)F)C(F)(F)F.